The van der Waals surface area contributed by atoms with Gasteiger partial charge in [-0.1, -0.05) is 15.9 Å². The highest BCUT2D eigenvalue weighted by Gasteiger charge is 2.57. The Hall–Kier alpha value is -0.300. The van der Waals surface area contributed by atoms with Gasteiger partial charge in [0.15, 0.2) is 0 Å². The van der Waals surface area contributed by atoms with Crippen LogP contribution in [-0.2, 0) is 0 Å². The van der Waals surface area contributed by atoms with Crippen LogP contribution in [0.5, 0.6) is 5.75 Å². The Morgan fingerprint density at radius 2 is 1.47 bits per heavy atom. The third kappa shape index (κ3) is 3.34. The molecule has 1 rings (SSSR count). The fourth-order valence-electron chi connectivity index (χ4n) is 0.709. The molecule has 0 aromatic heterocycles. The minimum atomic E-state index is -4.60. The fourth-order valence-corrected chi connectivity index (χ4v) is 1.05. The van der Waals surface area contributed by atoms with Crippen molar-refractivity contribution in [1.82, 2.24) is 0 Å². The maximum absolute atomic E-state index is 12.7. The summed E-state index contributed by atoms with van der Waals surface area (Å²) in [5.41, 5.74) is 0. The lowest BCUT2D eigenvalue weighted by molar-refractivity contribution is -0.266. The maximum atomic E-state index is 12.7. The lowest BCUT2D eigenvalue weighted by atomic mass is 10.3. The molecule has 0 atom stereocenters. The Kier molecular flexibility index (Phi) is 3.65. The predicted octanol–water partition coefficient (Wildman–Crippen LogP) is 4.41. The van der Waals surface area contributed by atoms with E-state index in [1.165, 1.54) is 12.1 Å². The molecule has 0 heterocycles. The molecule has 0 radical (unpaired) electrons. The summed E-state index contributed by atoms with van der Waals surface area (Å²) in [7, 11) is 0. The summed E-state index contributed by atoms with van der Waals surface area (Å²) in [6.45, 7) is 0. The third-order valence-corrected chi connectivity index (χ3v) is 2.38. The van der Waals surface area contributed by atoms with Crippen LogP contribution in [-0.4, -0.2) is 10.9 Å². The van der Waals surface area contributed by atoms with E-state index in [9.17, 15) is 17.6 Å². The van der Waals surface area contributed by atoms with Crippen LogP contribution in [0.25, 0.3) is 0 Å². The molecule has 0 fully saturated rings. The van der Waals surface area contributed by atoms with Gasteiger partial charge < -0.3 is 4.74 Å². The summed E-state index contributed by atoms with van der Waals surface area (Å²) in [4.78, 5) is -4.41. The predicted molar refractivity (Wildman–Crippen MR) is 53.6 cm³/mol. The molecule has 7 heteroatoms. The Bertz CT molecular complexity index is 333. The largest absolute Gasteiger partial charge is 0.475 e. The SMILES string of the molecule is FC(F)(Br)C(F)(F)Oc1ccc(Br)cc1. The van der Waals surface area contributed by atoms with Crippen molar-refractivity contribution in [2.24, 2.45) is 0 Å². The molecular formula is C8H4Br2F4O. The summed E-state index contributed by atoms with van der Waals surface area (Å²) >= 11 is 4.62. The standard InChI is InChI=1S/C8H4Br2F4O/c9-5-1-3-6(4-2-5)15-8(13,14)7(10,11)12/h1-4H. The second-order valence-corrected chi connectivity index (χ2v) is 4.48. The first-order chi connectivity index (χ1) is 6.72. The molecule has 84 valence electrons. The van der Waals surface area contributed by atoms with E-state index in [0.29, 0.717) is 4.47 Å². The first kappa shape index (κ1) is 12.8. The van der Waals surface area contributed by atoms with Crippen LogP contribution in [0.3, 0.4) is 0 Å². The van der Waals surface area contributed by atoms with Gasteiger partial charge in [0.2, 0.25) is 0 Å². The average molecular weight is 352 g/mol. The molecule has 1 aromatic rings. The first-order valence-electron chi connectivity index (χ1n) is 3.61. The molecule has 0 aliphatic rings. The second-order valence-electron chi connectivity index (χ2n) is 2.57. The number of hydrogen-bond acceptors (Lipinski definition) is 1. The highest BCUT2D eigenvalue weighted by atomic mass is 79.9. The molecule has 0 N–H and O–H groups in total. The first-order valence-corrected chi connectivity index (χ1v) is 5.20. The zero-order chi connectivity index (χ0) is 11.7. The molecule has 0 saturated carbocycles. The molecule has 0 amide bonds. The van der Waals surface area contributed by atoms with Crippen molar-refractivity contribution in [1.29, 1.82) is 0 Å². The number of alkyl halides is 5. The summed E-state index contributed by atoms with van der Waals surface area (Å²) in [5.74, 6) is -0.345. The van der Waals surface area contributed by atoms with Crippen LogP contribution in [0, 0.1) is 0 Å². The molecule has 1 nitrogen and oxygen atoms in total. The lowest BCUT2D eigenvalue weighted by Gasteiger charge is -2.21. The van der Waals surface area contributed by atoms with Crippen LogP contribution in [0.15, 0.2) is 28.7 Å². The van der Waals surface area contributed by atoms with Crippen molar-refractivity contribution in [3.05, 3.63) is 28.7 Å². The Balaban J connectivity index is 2.82. The van der Waals surface area contributed by atoms with Gasteiger partial charge >= 0.3 is 10.9 Å². The van der Waals surface area contributed by atoms with Crippen molar-refractivity contribution in [3.8, 4) is 5.75 Å². The van der Waals surface area contributed by atoms with Crippen LogP contribution >= 0.6 is 31.9 Å². The Labute approximate surface area is 99.7 Å². The molecule has 0 aliphatic heterocycles. The number of ether oxygens (including phenoxy) is 1. The van der Waals surface area contributed by atoms with Crippen LogP contribution < -0.4 is 4.74 Å². The van der Waals surface area contributed by atoms with Gasteiger partial charge in [-0.25, -0.2) is 0 Å². The number of rotatable bonds is 3. The second kappa shape index (κ2) is 4.29. The Morgan fingerprint density at radius 1 is 1.00 bits per heavy atom. The van der Waals surface area contributed by atoms with E-state index >= 15 is 0 Å². The topological polar surface area (TPSA) is 9.23 Å². The number of benzene rings is 1. The van der Waals surface area contributed by atoms with E-state index in [1.807, 2.05) is 0 Å². The normalized spacial score (nSPS) is 12.7. The highest BCUT2D eigenvalue weighted by Crippen LogP contribution is 2.40. The molecule has 0 spiro atoms. The fraction of sp³-hybridized carbons (Fsp3) is 0.250. The average Bonchev–Trinajstić information content (AvgIpc) is 2.06. The van der Waals surface area contributed by atoms with Crippen LogP contribution in [0.1, 0.15) is 0 Å². The zero-order valence-electron chi connectivity index (χ0n) is 6.99. The van der Waals surface area contributed by atoms with E-state index in [1.54, 1.807) is 15.9 Å². The van der Waals surface area contributed by atoms with E-state index < -0.39 is 10.9 Å². The van der Waals surface area contributed by atoms with E-state index in [-0.39, 0.29) is 5.75 Å². The minimum absolute atomic E-state index is 0.345. The van der Waals surface area contributed by atoms with Gasteiger partial charge in [0, 0.05) is 20.4 Å². The lowest BCUT2D eigenvalue weighted by Crippen LogP contribution is -2.40. The minimum Gasteiger partial charge on any atom is -0.427 e. The summed E-state index contributed by atoms with van der Waals surface area (Å²) in [6.07, 6.45) is -4.60. The van der Waals surface area contributed by atoms with Gasteiger partial charge in [0.05, 0.1) is 0 Å². The molecule has 0 aliphatic carbocycles. The molecular weight excluding hydrogens is 348 g/mol. The van der Waals surface area contributed by atoms with Gasteiger partial charge in [-0.15, -0.1) is 0 Å². The molecule has 0 saturated heterocycles. The summed E-state index contributed by atoms with van der Waals surface area (Å²) in [5, 5.41) is 0. The highest BCUT2D eigenvalue weighted by molar-refractivity contribution is 9.10. The number of hydrogen-bond donors (Lipinski definition) is 0. The number of halogens is 6. The van der Waals surface area contributed by atoms with Gasteiger partial charge in [0.25, 0.3) is 0 Å². The Morgan fingerprint density at radius 3 is 1.87 bits per heavy atom. The molecule has 1 aromatic carbocycles. The van der Waals surface area contributed by atoms with Crippen LogP contribution in [0.2, 0.25) is 0 Å². The molecule has 15 heavy (non-hydrogen) atoms. The molecule has 0 unspecified atom stereocenters. The van der Waals surface area contributed by atoms with Crippen molar-refractivity contribution in [2.75, 3.05) is 0 Å². The van der Waals surface area contributed by atoms with Crippen molar-refractivity contribution in [2.45, 2.75) is 10.9 Å². The quantitative estimate of drug-likeness (QED) is 0.579. The maximum Gasteiger partial charge on any atom is 0.475 e. The van der Waals surface area contributed by atoms with Gasteiger partial charge in [-0.2, -0.15) is 17.6 Å². The zero-order valence-corrected chi connectivity index (χ0v) is 10.2. The summed E-state index contributed by atoms with van der Waals surface area (Å²) < 4.78 is 54.5. The van der Waals surface area contributed by atoms with Gasteiger partial charge in [-0.05, 0) is 24.3 Å². The van der Waals surface area contributed by atoms with Crippen LogP contribution in [0.4, 0.5) is 17.6 Å². The van der Waals surface area contributed by atoms with Gasteiger partial charge in [0.1, 0.15) is 5.75 Å². The smallest absolute Gasteiger partial charge is 0.427 e. The third-order valence-electron chi connectivity index (χ3n) is 1.39. The molecule has 0 bridgehead atoms. The van der Waals surface area contributed by atoms with Gasteiger partial charge in [-0.3, -0.25) is 0 Å². The van der Waals surface area contributed by atoms with E-state index in [4.69, 9.17) is 0 Å². The van der Waals surface area contributed by atoms with Crippen molar-refractivity contribution >= 4 is 31.9 Å². The summed E-state index contributed by atoms with van der Waals surface area (Å²) in [6, 6.07) is 5.10. The van der Waals surface area contributed by atoms with E-state index in [2.05, 4.69) is 20.7 Å². The van der Waals surface area contributed by atoms with Crippen molar-refractivity contribution < 1.29 is 22.3 Å². The monoisotopic (exact) mass is 350 g/mol. The van der Waals surface area contributed by atoms with E-state index in [0.717, 1.165) is 12.1 Å². The van der Waals surface area contributed by atoms with Crippen molar-refractivity contribution in [3.63, 3.8) is 0 Å².